The highest BCUT2D eigenvalue weighted by Crippen LogP contribution is 2.39. The number of carboxylic acids is 2. The van der Waals surface area contributed by atoms with Gasteiger partial charge in [0.2, 0.25) is 16.7 Å². The van der Waals surface area contributed by atoms with Gasteiger partial charge in [0.1, 0.15) is 24.7 Å². The van der Waals surface area contributed by atoms with Gasteiger partial charge in [-0.05, 0) is 6.92 Å². The number of amides is 1. The number of aliphatic carboxylic acids is 2. The Kier molecular flexibility index (Phi) is 10.9. The van der Waals surface area contributed by atoms with E-state index >= 15 is 0 Å². The van der Waals surface area contributed by atoms with Crippen LogP contribution >= 0.6 is 54.1 Å². The van der Waals surface area contributed by atoms with Crippen molar-refractivity contribution in [1.29, 1.82) is 0 Å². The first-order chi connectivity index (χ1) is 20.8. The number of aryl methyl sites for hydroxylation is 1. The number of nitrogens with zero attached hydrogens (tertiary/aromatic N) is 5. The lowest BCUT2D eigenvalue weighted by Gasteiger charge is -2.31. The molecule has 0 spiro atoms. The molecular weight excluding hydrogens is 680 g/mol. The number of thiazole rings is 1. The van der Waals surface area contributed by atoms with E-state index in [9.17, 15) is 29.2 Å². The van der Waals surface area contributed by atoms with Crippen molar-refractivity contribution in [3.8, 4) is 11.3 Å². The fourth-order valence-corrected chi connectivity index (χ4v) is 7.97. The Hall–Kier alpha value is -3.59. The van der Waals surface area contributed by atoms with Gasteiger partial charge >= 0.3 is 19.7 Å². The molecule has 0 bridgehead atoms. The van der Waals surface area contributed by atoms with Crippen molar-refractivity contribution in [3.05, 3.63) is 46.3 Å². The molecule has 0 aliphatic carbocycles. The molecule has 1 aliphatic heterocycles. The van der Waals surface area contributed by atoms with Gasteiger partial charge in [-0.25, -0.2) is 23.7 Å². The molecule has 44 heavy (non-hydrogen) atoms. The molecular formula is C22H24N8O9PS4+. The van der Waals surface area contributed by atoms with Gasteiger partial charge in [-0.1, -0.05) is 16.9 Å². The number of hydrogen-bond acceptors (Lipinski definition) is 14. The lowest BCUT2D eigenvalue weighted by atomic mass is 10.2. The molecule has 7 N–H and O–H groups in total. The summed E-state index contributed by atoms with van der Waals surface area (Å²) in [5, 5.41) is 30.7. The Morgan fingerprint density at radius 3 is 2.64 bits per heavy atom. The molecule has 0 fully saturated rings. The van der Waals surface area contributed by atoms with Crippen molar-refractivity contribution in [1.82, 2.24) is 25.0 Å². The quantitative estimate of drug-likeness (QED) is 0.0569. The predicted molar refractivity (Wildman–Crippen MR) is 162 cm³/mol. The minimum Gasteiger partial charge on any atom is -0.480 e. The number of anilines is 1. The maximum absolute atomic E-state index is 13.1. The van der Waals surface area contributed by atoms with Crippen molar-refractivity contribution in [3.63, 3.8) is 0 Å². The van der Waals surface area contributed by atoms with E-state index in [4.69, 9.17) is 14.6 Å². The SMILES string of the molecule is CCO/N=C(/C(=O)NC(C(=O)O)C1NC(C(=O)O)=C(Sc2nc(-c3cc[n+](C)cc3)cs2)CS1)c1nsc(NP(=O)(O)O)n1. The maximum atomic E-state index is 13.1. The highest BCUT2D eigenvalue weighted by Gasteiger charge is 2.37. The van der Waals surface area contributed by atoms with E-state index in [1.54, 1.807) is 6.92 Å². The van der Waals surface area contributed by atoms with Crippen LogP contribution < -0.4 is 20.3 Å². The molecule has 1 amide bonds. The maximum Gasteiger partial charge on any atom is 0.429 e. The molecule has 0 radical (unpaired) electrons. The lowest BCUT2D eigenvalue weighted by molar-refractivity contribution is -0.671. The molecule has 17 nitrogen and oxygen atoms in total. The summed E-state index contributed by atoms with van der Waals surface area (Å²) in [6, 6.07) is 2.15. The number of carbonyl (C=O) groups is 3. The molecule has 22 heteroatoms. The fraction of sp³-hybridized carbons (Fsp3) is 0.273. The average molecular weight is 704 g/mol. The Balaban J connectivity index is 1.51. The van der Waals surface area contributed by atoms with Crippen molar-refractivity contribution in [2.24, 2.45) is 12.2 Å². The zero-order valence-electron chi connectivity index (χ0n) is 22.6. The number of carboxylic acid groups (broad SMARTS) is 2. The second-order valence-corrected chi connectivity index (χ2v) is 14.0. The van der Waals surface area contributed by atoms with Gasteiger partial charge < -0.3 is 35.5 Å². The molecule has 0 saturated heterocycles. The Morgan fingerprint density at radius 2 is 2.00 bits per heavy atom. The number of pyridine rings is 1. The summed E-state index contributed by atoms with van der Waals surface area (Å²) in [5.74, 6) is -4.17. The van der Waals surface area contributed by atoms with Crippen molar-refractivity contribution >= 4 is 82.8 Å². The molecule has 0 aromatic carbocycles. The molecule has 2 atom stereocenters. The van der Waals surface area contributed by atoms with Gasteiger partial charge in [-0.2, -0.15) is 9.36 Å². The van der Waals surface area contributed by atoms with E-state index in [1.165, 1.54) is 11.3 Å². The monoisotopic (exact) mass is 703 g/mol. The first-order valence-corrected chi connectivity index (χ1v) is 17.3. The predicted octanol–water partition coefficient (Wildman–Crippen LogP) is 1.05. The summed E-state index contributed by atoms with van der Waals surface area (Å²) in [6.45, 7) is 1.59. The van der Waals surface area contributed by atoms with E-state index < -0.39 is 42.7 Å². The molecule has 4 heterocycles. The first-order valence-electron chi connectivity index (χ1n) is 12.2. The van der Waals surface area contributed by atoms with Crippen LogP contribution in [-0.2, 0) is 30.8 Å². The van der Waals surface area contributed by atoms with Gasteiger partial charge in [0.25, 0.3) is 5.91 Å². The third-order valence-electron chi connectivity index (χ3n) is 5.38. The normalized spacial score (nSPS) is 16.2. The van der Waals surface area contributed by atoms with Gasteiger partial charge in [-0.3, -0.25) is 9.88 Å². The summed E-state index contributed by atoms with van der Waals surface area (Å²) >= 11 is 4.06. The van der Waals surface area contributed by atoms with Crippen LogP contribution in [-0.4, -0.2) is 81.7 Å². The largest absolute Gasteiger partial charge is 0.480 e. The summed E-state index contributed by atoms with van der Waals surface area (Å²) in [6.07, 6.45) is 3.76. The van der Waals surface area contributed by atoms with Crippen molar-refractivity contribution in [2.45, 2.75) is 22.7 Å². The van der Waals surface area contributed by atoms with Crippen LogP contribution in [0, 0.1) is 0 Å². The molecule has 1 aliphatic rings. The van der Waals surface area contributed by atoms with Crippen molar-refractivity contribution in [2.75, 3.05) is 17.4 Å². The summed E-state index contributed by atoms with van der Waals surface area (Å²) < 4.78 is 17.5. The molecule has 2 unspecified atom stereocenters. The van der Waals surface area contributed by atoms with Crippen molar-refractivity contribution < 1.29 is 48.4 Å². The summed E-state index contributed by atoms with van der Waals surface area (Å²) in [4.78, 5) is 69.5. The third kappa shape index (κ3) is 8.74. The molecule has 4 rings (SSSR count). The number of nitrogens with one attached hydrogen (secondary N) is 3. The summed E-state index contributed by atoms with van der Waals surface area (Å²) in [7, 11) is -2.83. The number of oxime groups is 1. The second-order valence-electron chi connectivity index (χ2n) is 8.56. The lowest BCUT2D eigenvalue weighted by Crippen LogP contribution is -2.55. The summed E-state index contributed by atoms with van der Waals surface area (Å²) in [5.41, 5.74) is 0.817. The zero-order valence-corrected chi connectivity index (χ0v) is 26.8. The van der Waals surface area contributed by atoms with E-state index in [2.05, 4.69) is 30.1 Å². The third-order valence-corrected chi connectivity index (χ3v) is 10.1. The fourth-order valence-electron chi connectivity index (χ4n) is 3.44. The van der Waals surface area contributed by atoms with E-state index in [0.29, 0.717) is 20.8 Å². The molecule has 3 aromatic rings. The van der Waals surface area contributed by atoms with Gasteiger partial charge in [0.05, 0.1) is 5.69 Å². The highest BCUT2D eigenvalue weighted by molar-refractivity contribution is 8.07. The first kappa shape index (κ1) is 33.3. The minimum absolute atomic E-state index is 0.0226. The van der Waals surface area contributed by atoms with Crippen LogP contribution in [0.5, 0.6) is 0 Å². The minimum atomic E-state index is -4.72. The van der Waals surface area contributed by atoms with Gasteiger partial charge in [0, 0.05) is 45.3 Å². The Morgan fingerprint density at radius 1 is 1.27 bits per heavy atom. The topological polar surface area (TPSA) is 249 Å². The van der Waals surface area contributed by atoms with E-state index in [0.717, 1.165) is 34.8 Å². The number of rotatable bonds is 13. The Labute approximate surface area is 265 Å². The standard InChI is InChI=1S/C22H23N8O9PS4/c1-3-39-27-14(16-26-21(44-29-16)28-40(36,37)38)17(31)24-15(20(34)35)18-25-13(19(32)33)12(9-41-18)43-22-23-11(8-42-22)10-4-6-30(2)7-5-10/h4-8,15,18,25H,3,9H2,1-2H3,(H5-,24,26,28,29,31,32,33,34,35,36,37,38)/p+1/b27-14+. The number of aromatic nitrogens is 4. The molecule has 3 aromatic heterocycles. The average Bonchev–Trinajstić information content (AvgIpc) is 3.61. The van der Waals surface area contributed by atoms with Gasteiger partial charge in [-0.15, -0.1) is 23.1 Å². The van der Waals surface area contributed by atoms with Gasteiger partial charge in [0.15, 0.2) is 22.8 Å². The highest BCUT2D eigenvalue weighted by atomic mass is 32.2. The van der Waals surface area contributed by atoms with Crippen LogP contribution in [0.25, 0.3) is 11.3 Å². The zero-order chi connectivity index (χ0) is 32.0. The number of hydrogen-bond donors (Lipinski definition) is 7. The Bertz CT molecular complexity index is 1660. The van der Waals surface area contributed by atoms with Crippen LogP contribution in [0.4, 0.5) is 5.13 Å². The number of carbonyl (C=O) groups excluding carboxylic acids is 1. The molecule has 0 saturated carbocycles. The van der Waals surface area contributed by atoms with E-state index in [-0.39, 0.29) is 29.0 Å². The van der Waals surface area contributed by atoms with Crippen LogP contribution in [0.1, 0.15) is 12.7 Å². The van der Waals surface area contributed by atoms with Crippen LogP contribution in [0.3, 0.4) is 0 Å². The number of thioether (sulfide) groups is 2. The van der Waals surface area contributed by atoms with E-state index in [1.807, 2.05) is 46.6 Å². The van der Waals surface area contributed by atoms with Crippen LogP contribution in [0.2, 0.25) is 0 Å². The molecule has 234 valence electrons. The second kappa shape index (κ2) is 14.5. The smallest absolute Gasteiger partial charge is 0.429 e. The van der Waals surface area contributed by atoms with Crippen LogP contribution in [0.15, 0.2) is 50.0 Å².